The summed E-state index contributed by atoms with van der Waals surface area (Å²) in [7, 11) is 0. The second-order valence-corrected chi connectivity index (χ2v) is 6.64. The van der Waals surface area contributed by atoms with Gasteiger partial charge in [0.05, 0.1) is 17.3 Å². The van der Waals surface area contributed by atoms with E-state index in [0.29, 0.717) is 11.5 Å². The molecule has 2 aromatic heterocycles. The van der Waals surface area contributed by atoms with Crippen molar-refractivity contribution in [2.75, 3.05) is 5.32 Å². The lowest BCUT2D eigenvalue weighted by Crippen LogP contribution is -2.13. The molecule has 0 aliphatic heterocycles. The Hall–Kier alpha value is -3.59. The van der Waals surface area contributed by atoms with Crippen molar-refractivity contribution in [2.45, 2.75) is 6.18 Å². The number of hydrogen-bond donors (Lipinski definition) is 2. The predicted octanol–water partition coefficient (Wildman–Crippen LogP) is 5.67. The summed E-state index contributed by atoms with van der Waals surface area (Å²) in [6, 6.07) is 11.8. The van der Waals surface area contributed by atoms with Crippen LogP contribution in [0.4, 0.5) is 19.1 Å². The third kappa shape index (κ3) is 4.20. The van der Waals surface area contributed by atoms with Gasteiger partial charge in [0, 0.05) is 16.8 Å². The summed E-state index contributed by atoms with van der Waals surface area (Å²) >= 11 is 5.77. The summed E-state index contributed by atoms with van der Waals surface area (Å²) in [5, 5.41) is 2.35. The van der Waals surface area contributed by atoms with Crippen LogP contribution in [0.2, 0.25) is 5.02 Å². The number of pyridine rings is 1. The fourth-order valence-corrected chi connectivity index (χ4v) is 3.00. The monoisotopic (exact) mass is 432 g/mol. The van der Waals surface area contributed by atoms with Crippen molar-refractivity contribution in [1.82, 2.24) is 15.0 Å². The molecule has 4 rings (SSSR count). The molecule has 0 aliphatic carbocycles. The van der Waals surface area contributed by atoms with Gasteiger partial charge in [-0.1, -0.05) is 17.7 Å². The molecule has 6 nitrogen and oxygen atoms in total. The van der Waals surface area contributed by atoms with Crippen LogP contribution in [0, 0.1) is 0 Å². The quantitative estimate of drug-likeness (QED) is 0.435. The fraction of sp³-hybridized carbons (Fsp3) is 0.0500. The lowest BCUT2D eigenvalue weighted by Gasteiger charge is -2.07. The number of ether oxygens (including phenoxy) is 1. The topological polar surface area (TPSA) is 79.9 Å². The van der Waals surface area contributed by atoms with Crippen LogP contribution < -0.4 is 10.1 Å². The predicted molar refractivity (Wildman–Crippen MR) is 105 cm³/mol. The molecule has 0 atom stereocenters. The Morgan fingerprint density at radius 3 is 2.63 bits per heavy atom. The van der Waals surface area contributed by atoms with Gasteiger partial charge in [-0.2, -0.15) is 13.2 Å². The summed E-state index contributed by atoms with van der Waals surface area (Å²) in [4.78, 5) is 23.0. The standard InChI is InChI=1S/C20H12ClF3N4O2/c21-12-8-15(20(22,23)24)17-16(9-12)26-19(27-17)28-18(29)11-3-1-4-13(7-11)30-14-5-2-6-25-10-14/h1-10H,(H2,26,27,28,29). The number of nitrogens with one attached hydrogen (secondary N) is 2. The average molecular weight is 433 g/mol. The van der Waals surface area contributed by atoms with Crippen LogP contribution in [0.15, 0.2) is 60.9 Å². The van der Waals surface area contributed by atoms with Crippen LogP contribution in [0.25, 0.3) is 11.0 Å². The van der Waals surface area contributed by atoms with Crippen molar-refractivity contribution in [3.05, 3.63) is 77.1 Å². The minimum absolute atomic E-state index is 0.0544. The molecule has 1 amide bonds. The molecule has 2 aromatic carbocycles. The van der Waals surface area contributed by atoms with Crippen molar-refractivity contribution in [3.8, 4) is 11.5 Å². The molecule has 10 heteroatoms. The highest BCUT2D eigenvalue weighted by Gasteiger charge is 2.34. The number of aromatic amines is 1. The van der Waals surface area contributed by atoms with Gasteiger partial charge in [0.15, 0.2) is 0 Å². The Morgan fingerprint density at radius 2 is 1.90 bits per heavy atom. The molecule has 0 unspecified atom stereocenters. The average Bonchev–Trinajstić information content (AvgIpc) is 3.09. The fourth-order valence-electron chi connectivity index (χ4n) is 2.78. The Bertz CT molecular complexity index is 1230. The zero-order valence-electron chi connectivity index (χ0n) is 15.0. The maximum Gasteiger partial charge on any atom is 0.418 e. The van der Waals surface area contributed by atoms with Crippen LogP contribution in [-0.4, -0.2) is 20.9 Å². The maximum absolute atomic E-state index is 13.2. The second kappa shape index (κ2) is 7.68. The van der Waals surface area contributed by atoms with E-state index in [-0.39, 0.29) is 27.6 Å². The van der Waals surface area contributed by atoms with Gasteiger partial charge in [0.25, 0.3) is 5.91 Å². The SMILES string of the molecule is O=C(Nc1nc2c(C(F)(F)F)cc(Cl)cc2[nH]1)c1cccc(Oc2cccnc2)c1. The minimum atomic E-state index is -4.64. The van der Waals surface area contributed by atoms with Crippen molar-refractivity contribution < 1.29 is 22.7 Å². The first-order valence-electron chi connectivity index (χ1n) is 8.55. The Balaban J connectivity index is 1.58. The molecular formula is C20H12ClF3N4O2. The van der Waals surface area contributed by atoms with Gasteiger partial charge in [-0.3, -0.25) is 15.1 Å². The summed E-state index contributed by atoms with van der Waals surface area (Å²) in [5.74, 6) is 0.169. The number of halogens is 4. The smallest absolute Gasteiger partial charge is 0.418 e. The largest absolute Gasteiger partial charge is 0.456 e. The van der Waals surface area contributed by atoms with Crippen molar-refractivity contribution in [3.63, 3.8) is 0 Å². The van der Waals surface area contributed by atoms with E-state index in [4.69, 9.17) is 16.3 Å². The number of carbonyl (C=O) groups excluding carboxylic acids is 1. The molecule has 0 spiro atoms. The summed E-state index contributed by atoms with van der Waals surface area (Å²) in [6.07, 6.45) is -1.52. The van der Waals surface area contributed by atoms with E-state index in [0.717, 1.165) is 6.07 Å². The molecule has 0 saturated carbocycles. The number of carbonyl (C=O) groups is 1. The molecule has 0 radical (unpaired) electrons. The zero-order chi connectivity index (χ0) is 21.3. The van der Waals surface area contributed by atoms with E-state index >= 15 is 0 Å². The number of benzene rings is 2. The van der Waals surface area contributed by atoms with Crippen LogP contribution in [-0.2, 0) is 6.18 Å². The summed E-state index contributed by atoms with van der Waals surface area (Å²) in [6.45, 7) is 0. The van der Waals surface area contributed by atoms with E-state index in [1.165, 1.54) is 24.4 Å². The number of H-pyrrole nitrogens is 1. The number of alkyl halides is 3. The number of nitrogens with zero attached hydrogens (tertiary/aromatic N) is 2. The molecule has 2 heterocycles. The Kier molecular flexibility index (Phi) is 5.04. The van der Waals surface area contributed by atoms with E-state index in [1.807, 2.05) is 0 Å². The molecule has 2 N–H and O–H groups in total. The van der Waals surface area contributed by atoms with Gasteiger partial charge in [-0.25, -0.2) is 4.98 Å². The molecule has 0 saturated heterocycles. The molecule has 0 aliphatic rings. The third-order valence-corrected chi connectivity index (χ3v) is 4.27. The van der Waals surface area contributed by atoms with Crippen molar-refractivity contribution >= 4 is 34.5 Å². The van der Waals surface area contributed by atoms with Crippen LogP contribution in [0.1, 0.15) is 15.9 Å². The lowest BCUT2D eigenvalue weighted by atomic mass is 10.2. The van der Waals surface area contributed by atoms with Crippen LogP contribution in [0.5, 0.6) is 11.5 Å². The number of hydrogen-bond acceptors (Lipinski definition) is 4. The van der Waals surface area contributed by atoms with Crippen molar-refractivity contribution in [2.24, 2.45) is 0 Å². The second-order valence-electron chi connectivity index (χ2n) is 6.21. The van der Waals surface area contributed by atoms with Crippen LogP contribution >= 0.6 is 11.6 Å². The normalized spacial score (nSPS) is 11.5. The third-order valence-electron chi connectivity index (χ3n) is 4.06. The van der Waals surface area contributed by atoms with Gasteiger partial charge in [-0.05, 0) is 42.5 Å². The zero-order valence-corrected chi connectivity index (χ0v) is 15.8. The minimum Gasteiger partial charge on any atom is -0.456 e. The highest BCUT2D eigenvalue weighted by molar-refractivity contribution is 6.31. The highest BCUT2D eigenvalue weighted by Crippen LogP contribution is 2.36. The van der Waals surface area contributed by atoms with Gasteiger partial charge in [0.2, 0.25) is 5.95 Å². The van der Waals surface area contributed by atoms with Crippen molar-refractivity contribution in [1.29, 1.82) is 0 Å². The first-order valence-corrected chi connectivity index (χ1v) is 8.93. The van der Waals surface area contributed by atoms with Gasteiger partial charge in [-0.15, -0.1) is 0 Å². The molecule has 152 valence electrons. The van der Waals surface area contributed by atoms with E-state index in [2.05, 4.69) is 20.3 Å². The molecule has 0 bridgehead atoms. The van der Waals surface area contributed by atoms with E-state index in [1.54, 1.807) is 30.5 Å². The highest BCUT2D eigenvalue weighted by atomic mass is 35.5. The van der Waals surface area contributed by atoms with Gasteiger partial charge >= 0.3 is 6.18 Å². The first-order chi connectivity index (χ1) is 14.3. The summed E-state index contributed by atoms with van der Waals surface area (Å²) < 4.78 is 45.3. The number of anilines is 1. The van der Waals surface area contributed by atoms with E-state index < -0.39 is 17.6 Å². The molecule has 0 fully saturated rings. The number of rotatable bonds is 4. The molecular weight excluding hydrogens is 421 g/mol. The first kappa shape index (κ1) is 19.7. The Morgan fingerprint density at radius 1 is 1.10 bits per heavy atom. The maximum atomic E-state index is 13.2. The van der Waals surface area contributed by atoms with E-state index in [9.17, 15) is 18.0 Å². The van der Waals surface area contributed by atoms with Crippen LogP contribution in [0.3, 0.4) is 0 Å². The molecule has 4 aromatic rings. The molecule has 30 heavy (non-hydrogen) atoms. The Labute approximate surface area is 172 Å². The number of fused-ring (bicyclic) bond motifs is 1. The summed E-state index contributed by atoms with van der Waals surface area (Å²) in [5.41, 5.74) is -1.05. The number of aromatic nitrogens is 3. The lowest BCUT2D eigenvalue weighted by molar-refractivity contribution is -0.136. The van der Waals surface area contributed by atoms with Gasteiger partial charge < -0.3 is 9.72 Å². The number of amides is 1. The number of imidazole rings is 1. The van der Waals surface area contributed by atoms with Gasteiger partial charge in [0.1, 0.15) is 17.0 Å².